The summed E-state index contributed by atoms with van der Waals surface area (Å²) >= 11 is 0. The van der Waals surface area contributed by atoms with Crippen LogP contribution in [0, 0.1) is 53.1 Å². The van der Waals surface area contributed by atoms with Crippen molar-refractivity contribution in [2.75, 3.05) is 0 Å². The van der Waals surface area contributed by atoms with E-state index in [1.807, 2.05) is 66.7 Å². The van der Waals surface area contributed by atoms with Gasteiger partial charge >= 0.3 is 20.1 Å². The molecular weight excluding hydrogens is 1300 g/mol. The maximum atomic E-state index is 16.1. The van der Waals surface area contributed by atoms with Crippen LogP contribution in [-0.4, -0.2) is 15.0 Å². The van der Waals surface area contributed by atoms with E-state index in [1.165, 1.54) is 12.1 Å². The molecule has 0 amide bonds. The van der Waals surface area contributed by atoms with E-state index in [1.54, 1.807) is 110 Å². The summed E-state index contributed by atoms with van der Waals surface area (Å²) in [6.45, 7) is 0. The van der Waals surface area contributed by atoms with Gasteiger partial charge in [-0.25, -0.2) is 4.39 Å². The molecule has 0 N–H and O–H groups in total. The van der Waals surface area contributed by atoms with Crippen molar-refractivity contribution in [1.29, 1.82) is 0 Å². The molecular formula is C79H50F6IrN3. The molecule has 13 aromatic rings. The summed E-state index contributed by atoms with van der Waals surface area (Å²) in [7, 11) is 0. The third-order valence-corrected chi connectivity index (χ3v) is 15.8. The molecule has 0 atom stereocenters. The smallest absolute Gasteiger partial charge is 0.304 e. The Bertz CT molecular complexity index is 4490. The number of benzene rings is 10. The van der Waals surface area contributed by atoms with Crippen LogP contribution < -0.4 is 0 Å². The topological polar surface area (TPSA) is 38.7 Å². The fraction of sp³-hybridized carbons (Fsp3) is 0.0506. The average Bonchev–Trinajstić information content (AvgIpc) is 1.43. The minimum atomic E-state index is -0.749. The van der Waals surface area contributed by atoms with Crippen LogP contribution in [0.4, 0.5) is 26.3 Å². The van der Waals surface area contributed by atoms with E-state index >= 15 is 26.3 Å². The Morgan fingerprint density at radius 2 is 0.730 bits per heavy atom. The van der Waals surface area contributed by atoms with Crippen molar-refractivity contribution in [2.24, 2.45) is 0 Å². The van der Waals surface area contributed by atoms with E-state index < -0.39 is 34.9 Å². The first-order chi connectivity index (χ1) is 43.1. The molecule has 0 fully saturated rings. The van der Waals surface area contributed by atoms with Crippen molar-refractivity contribution in [2.45, 2.75) is 25.7 Å². The Balaban J connectivity index is 0.00000769. The Morgan fingerprint density at radius 3 is 1.25 bits per heavy atom. The third kappa shape index (κ3) is 12.8. The van der Waals surface area contributed by atoms with E-state index in [0.29, 0.717) is 70.6 Å². The summed E-state index contributed by atoms with van der Waals surface area (Å²) in [5.41, 5.74) is 13.8. The van der Waals surface area contributed by atoms with E-state index in [0.717, 1.165) is 78.9 Å². The van der Waals surface area contributed by atoms with Crippen molar-refractivity contribution in [3.8, 4) is 112 Å². The van der Waals surface area contributed by atoms with Gasteiger partial charge in [0, 0.05) is 53.2 Å². The first kappa shape index (κ1) is 59.2. The number of rotatable bonds is 16. The van der Waals surface area contributed by atoms with Gasteiger partial charge in [-0.1, -0.05) is 217 Å². The molecule has 432 valence electrons. The summed E-state index contributed by atoms with van der Waals surface area (Å²) in [5.74, 6) is -3.78. The quantitative estimate of drug-likeness (QED) is 0.0715. The zero-order chi connectivity index (χ0) is 60.1. The molecule has 3 aromatic heterocycles. The molecule has 89 heavy (non-hydrogen) atoms. The number of nitrogens with zero attached hydrogens (tertiary/aromatic N) is 3. The number of pyridine rings is 3. The van der Waals surface area contributed by atoms with Gasteiger partial charge in [0.15, 0.2) is 0 Å². The number of halogens is 6. The van der Waals surface area contributed by atoms with Crippen molar-refractivity contribution in [3.63, 3.8) is 0 Å². The molecule has 0 saturated heterocycles. The van der Waals surface area contributed by atoms with Crippen LogP contribution in [-0.2, 0) is 45.8 Å². The van der Waals surface area contributed by atoms with Gasteiger partial charge in [-0.15, -0.1) is 48.0 Å². The Labute approximate surface area is 526 Å². The predicted molar refractivity (Wildman–Crippen MR) is 338 cm³/mol. The molecule has 3 nitrogen and oxygen atoms in total. The Hall–Kier alpha value is -10.1. The molecule has 3 heterocycles. The summed E-state index contributed by atoms with van der Waals surface area (Å²) in [6.07, 6.45) is 7.32. The molecule has 13 rings (SSSR count). The van der Waals surface area contributed by atoms with Crippen LogP contribution >= 0.6 is 0 Å². The molecule has 0 aliphatic carbocycles. The van der Waals surface area contributed by atoms with Gasteiger partial charge < -0.3 is 15.0 Å². The van der Waals surface area contributed by atoms with Crippen LogP contribution in [0.25, 0.3) is 112 Å². The minimum absolute atomic E-state index is 0. The average molecular weight is 1350 g/mol. The fourth-order valence-corrected chi connectivity index (χ4v) is 11.3. The molecule has 0 radical (unpaired) electrons. The zero-order valence-electron chi connectivity index (χ0n) is 47.5. The number of hydrogen-bond acceptors (Lipinski definition) is 3. The van der Waals surface area contributed by atoms with Crippen molar-refractivity contribution in [3.05, 3.63) is 331 Å². The maximum Gasteiger partial charge on any atom is 3.00 e. The first-order valence-corrected chi connectivity index (χ1v) is 28.8. The molecule has 0 aliphatic heterocycles. The standard InChI is InChI=1S/C79H50F6N3.Ir/c80-62-32-33-63(69-49-88-75(60-31-36-70(81)68(44-60)56-15-7-2-8-16-56)46-67(69)57-29-27-55(28-30-57)54-13-5-1-6-14-54)66(45-62)61-42-52(23-21-50-25-39-73(86-47-50)64-34-37-71(82)76(78(64)84)58-17-9-3-10-18-58)41-53(43-61)24-22-51-26-40-74(87-48-51)65-35-38-72(83)77(79(65)85)59-19-11-4-12-20-59;/h1-20,25-30,32-33,36-49H,21-24H2;/q-3;+3. The molecule has 0 unspecified atom stereocenters. The van der Waals surface area contributed by atoms with Gasteiger partial charge in [-0.3, -0.25) is 22.0 Å². The van der Waals surface area contributed by atoms with Gasteiger partial charge in [-0.05, 0) is 144 Å². The van der Waals surface area contributed by atoms with Gasteiger partial charge in [0.05, 0.1) is 0 Å². The van der Waals surface area contributed by atoms with Crippen LogP contribution in [0.1, 0.15) is 22.3 Å². The summed E-state index contributed by atoms with van der Waals surface area (Å²) in [4.78, 5) is 14.3. The normalized spacial score (nSPS) is 11.1. The summed E-state index contributed by atoms with van der Waals surface area (Å²) < 4.78 is 93.9. The van der Waals surface area contributed by atoms with Crippen molar-refractivity contribution >= 4 is 0 Å². The van der Waals surface area contributed by atoms with Gasteiger partial charge in [0.25, 0.3) is 0 Å². The Morgan fingerprint density at radius 1 is 0.292 bits per heavy atom. The van der Waals surface area contributed by atoms with Gasteiger partial charge in [-0.2, -0.15) is 0 Å². The minimum Gasteiger partial charge on any atom is -0.304 e. The van der Waals surface area contributed by atoms with E-state index in [-0.39, 0.29) is 42.4 Å². The largest absolute Gasteiger partial charge is 3.00 e. The number of hydrogen-bond donors (Lipinski definition) is 0. The number of aromatic nitrogens is 3. The van der Waals surface area contributed by atoms with Gasteiger partial charge in [0.1, 0.15) is 5.82 Å². The summed E-state index contributed by atoms with van der Waals surface area (Å²) in [6, 6.07) is 79.0. The second-order valence-corrected chi connectivity index (χ2v) is 21.5. The molecule has 0 spiro atoms. The zero-order valence-corrected chi connectivity index (χ0v) is 49.9. The van der Waals surface area contributed by atoms with E-state index in [9.17, 15) is 0 Å². The maximum absolute atomic E-state index is 16.1. The summed E-state index contributed by atoms with van der Waals surface area (Å²) in [5, 5.41) is 0. The molecule has 0 aliphatic rings. The van der Waals surface area contributed by atoms with Gasteiger partial charge in [0.2, 0.25) is 0 Å². The monoisotopic (exact) mass is 1350 g/mol. The van der Waals surface area contributed by atoms with Crippen LogP contribution in [0.5, 0.6) is 0 Å². The van der Waals surface area contributed by atoms with E-state index in [2.05, 4.69) is 82.8 Å². The van der Waals surface area contributed by atoms with Crippen molar-refractivity contribution in [1.82, 2.24) is 15.0 Å². The fourth-order valence-electron chi connectivity index (χ4n) is 11.3. The van der Waals surface area contributed by atoms with E-state index in [4.69, 9.17) is 4.98 Å². The SMILES string of the molecule is Fc1ccc(-c2cnc(-c3[c-]cc(F)c(-c4ccccc4)c3)cc2-c2ccc(-c3ccccc3)cc2)c(-c2cc(CCc3ccc(-c4[c-]cc(F)c(-c5ccccc5)c4F)nc3)cc(CCc3ccc(-c4[c-]cc(F)c(-c5ccccc5)c4F)nc3)c2)c1.[Ir+3]. The van der Waals surface area contributed by atoms with Crippen molar-refractivity contribution < 1.29 is 46.4 Å². The second kappa shape index (κ2) is 26.5. The second-order valence-electron chi connectivity index (χ2n) is 21.5. The number of aryl methyl sites for hydroxylation is 4. The third-order valence-electron chi connectivity index (χ3n) is 15.8. The van der Waals surface area contributed by atoms with Crippen LogP contribution in [0.3, 0.4) is 0 Å². The van der Waals surface area contributed by atoms with Crippen LogP contribution in [0.2, 0.25) is 0 Å². The predicted octanol–water partition coefficient (Wildman–Crippen LogP) is 20.3. The first-order valence-electron chi connectivity index (χ1n) is 28.8. The Kier molecular flexibility index (Phi) is 17.6. The molecule has 0 bridgehead atoms. The van der Waals surface area contributed by atoms with Crippen LogP contribution in [0.15, 0.2) is 255 Å². The molecule has 10 heteroatoms. The molecule has 0 saturated carbocycles. The molecule has 10 aromatic carbocycles.